The van der Waals surface area contributed by atoms with Crippen molar-refractivity contribution in [2.75, 3.05) is 0 Å². The number of nitrogens with one attached hydrogen (secondary N) is 1. The standard InChI is InChI=1S/C11H10N2S/c1-8-6-7-9-4-2-3-5-10(9)11(8)14-13-12/h2-7,12H,1H3. The van der Waals surface area contributed by atoms with Gasteiger partial charge in [-0.1, -0.05) is 36.4 Å². The van der Waals surface area contributed by atoms with Crippen LogP contribution in [0.3, 0.4) is 0 Å². The van der Waals surface area contributed by atoms with Crippen LogP contribution in [0.15, 0.2) is 45.8 Å². The fourth-order valence-electron chi connectivity index (χ4n) is 1.52. The van der Waals surface area contributed by atoms with Crippen molar-refractivity contribution >= 4 is 22.7 Å². The maximum Gasteiger partial charge on any atom is 0.0431 e. The summed E-state index contributed by atoms with van der Waals surface area (Å²) in [5, 5.41) is 2.37. The molecule has 0 saturated heterocycles. The normalized spacial score (nSPS) is 10.4. The Bertz CT molecular complexity index is 480. The number of benzene rings is 2. The topological polar surface area (TPSA) is 36.2 Å². The number of hydrogen-bond donors (Lipinski definition) is 1. The Morgan fingerprint density at radius 1 is 1.14 bits per heavy atom. The molecule has 0 aliphatic heterocycles. The molecule has 3 heteroatoms. The smallest absolute Gasteiger partial charge is 0.0431 e. The Morgan fingerprint density at radius 2 is 1.93 bits per heavy atom. The van der Waals surface area contributed by atoms with Crippen molar-refractivity contribution in [3.8, 4) is 0 Å². The van der Waals surface area contributed by atoms with E-state index in [2.05, 4.69) is 28.8 Å². The molecule has 0 radical (unpaired) electrons. The van der Waals surface area contributed by atoms with Gasteiger partial charge in [0.15, 0.2) is 0 Å². The van der Waals surface area contributed by atoms with Gasteiger partial charge in [-0.2, -0.15) is 5.53 Å². The summed E-state index contributed by atoms with van der Waals surface area (Å²) < 4.78 is 3.38. The van der Waals surface area contributed by atoms with E-state index in [1.165, 1.54) is 28.3 Å². The lowest BCUT2D eigenvalue weighted by Crippen LogP contribution is -1.81. The van der Waals surface area contributed by atoms with Crippen LogP contribution < -0.4 is 0 Å². The van der Waals surface area contributed by atoms with Gasteiger partial charge < -0.3 is 0 Å². The quantitative estimate of drug-likeness (QED) is 0.575. The third-order valence-corrected chi connectivity index (χ3v) is 3.03. The molecular formula is C11H10N2S. The van der Waals surface area contributed by atoms with Crippen LogP contribution in [-0.2, 0) is 0 Å². The highest BCUT2D eigenvalue weighted by molar-refractivity contribution is 7.98. The maximum atomic E-state index is 6.90. The predicted octanol–water partition coefficient (Wildman–Crippen LogP) is 4.19. The van der Waals surface area contributed by atoms with Crippen LogP contribution in [0.5, 0.6) is 0 Å². The molecule has 70 valence electrons. The molecule has 0 bridgehead atoms. The Labute approximate surface area is 87.0 Å². The lowest BCUT2D eigenvalue weighted by Gasteiger charge is -2.05. The van der Waals surface area contributed by atoms with Crippen LogP contribution in [0.1, 0.15) is 5.56 Å². The van der Waals surface area contributed by atoms with Gasteiger partial charge in [0, 0.05) is 16.8 Å². The average molecular weight is 202 g/mol. The number of rotatable bonds is 2. The summed E-state index contributed by atoms with van der Waals surface area (Å²) in [5.74, 6) is 0. The molecule has 2 rings (SSSR count). The van der Waals surface area contributed by atoms with Gasteiger partial charge in [0.25, 0.3) is 0 Å². The molecule has 14 heavy (non-hydrogen) atoms. The van der Waals surface area contributed by atoms with Crippen LogP contribution in [0.4, 0.5) is 0 Å². The monoisotopic (exact) mass is 202 g/mol. The van der Waals surface area contributed by atoms with Gasteiger partial charge in [-0.05, 0) is 23.3 Å². The Balaban J connectivity index is 2.75. The number of aryl methyl sites for hydroxylation is 1. The highest BCUT2D eigenvalue weighted by Crippen LogP contribution is 2.31. The molecule has 0 atom stereocenters. The number of hydrogen-bond acceptors (Lipinski definition) is 3. The van der Waals surface area contributed by atoms with E-state index < -0.39 is 0 Å². The minimum atomic E-state index is 1.08. The Morgan fingerprint density at radius 3 is 2.71 bits per heavy atom. The van der Waals surface area contributed by atoms with Gasteiger partial charge >= 0.3 is 0 Å². The fourth-order valence-corrected chi connectivity index (χ4v) is 2.11. The molecule has 0 saturated carbocycles. The van der Waals surface area contributed by atoms with E-state index in [4.69, 9.17) is 5.53 Å². The molecule has 2 nitrogen and oxygen atoms in total. The molecule has 1 N–H and O–H groups in total. The molecule has 2 aromatic carbocycles. The molecule has 0 unspecified atom stereocenters. The van der Waals surface area contributed by atoms with Crippen molar-refractivity contribution in [1.29, 1.82) is 5.53 Å². The molecular weight excluding hydrogens is 192 g/mol. The minimum Gasteiger partial charge on any atom is -0.197 e. The zero-order valence-corrected chi connectivity index (χ0v) is 8.64. The van der Waals surface area contributed by atoms with Crippen LogP contribution in [0.2, 0.25) is 0 Å². The van der Waals surface area contributed by atoms with Crippen molar-refractivity contribution in [2.24, 2.45) is 4.52 Å². The highest BCUT2D eigenvalue weighted by Gasteiger charge is 2.03. The summed E-state index contributed by atoms with van der Waals surface area (Å²) in [4.78, 5) is 1.08. The van der Waals surface area contributed by atoms with Gasteiger partial charge in [-0.15, -0.1) is 4.52 Å². The van der Waals surface area contributed by atoms with E-state index in [1.807, 2.05) is 19.1 Å². The van der Waals surface area contributed by atoms with Crippen molar-refractivity contribution in [3.05, 3.63) is 42.0 Å². The summed E-state index contributed by atoms with van der Waals surface area (Å²) in [6, 6.07) is 12.3. The minimum absolute atomic E-state index is 1.08. The van der Waals surface area contributed by atoms with Gasteiger partial charge in [0.1, 0.15) is 0 Å². The second-order valence-corrected chi connectivity index (χ2v) is 3.89. The first-order valence-electron chi connectivity index (χ1n) is 4.35. The van der Waals surface area contributed by atoms with E-state index in [0.717, 1.165) is 4.90 Å². The first kappa shape index (κ1) is 9.21. The highest BCUT2D eigenvalue weighted by atomic mass is 32.2. The van der Waals surface area contributed by atoms with Crippen LogP contribution >= 0.6 is 11.9 Å². The SMILES string of the molecule is Cc1ccc2ccccc2c1SN=N. The summed E-state index contributed by atoms with van der Waals surface area (Å²) in [5.41, 5.74) is 8.07. The predicted molar refractivity (Wildman–Crippen MR) is 59.7 cm³/mol. The van der Waals surface area contributed by atoms with Gasteiger partial charge in [-0.3, -0.25) is 0 Å². The van der Waals surface area contributed by atoms with Gasteiger partial charge in [-0.25, -0.2) is 0 Å². The van der Waals surface area contributed by atoms with Gasteiger partial charge in [0.2, 0.25) is 0 Å². The molecule has 0 heterocycles. The molecule has 0 amide bonds. The average Bonchev–Trinajstić information content (AvgIpc) is 2.23. The summed E-state index contributed by atoms with van der Waals surface area (Å²) in [6.07, 6.45) is 0. The largest absolute Gasteiger partial charge is 0.197 e. The molecule has 0 spiro atoms. The lowest BCUT2D eigenvalue weighted by atomic mass is 10.1. The third-order valence-electron chi connectivity index (χ3n) is 2.21. The first-order valence-corrected chi connectivity index (χ1v) is 5.12. The zero-order valence-electron chi connectivity index (χ0n) is 7.82. The Hall–Kier alpha value is -1.35. The lowest BCUT2D eigenvalue weighted by molar-refractivity contribution is 1.24. The molecule has 0 aliphatic rings. The zero-order chi connectivity index (χ0) is 9.97. The fraction of sp³-hybridized carbons (Fsp3) is 0.0909. The van der Waals surface area contributed by atoms with E-state index in [1.54, 1.807) is 0 Å². The molecule has 0 fully saturated rings. The number of fused-ring (bicyclic) bond motifs is 1. The second kappa shape index (κ2) is 3.80. The summed E-state index contributed by atoms with van der Waals surface area (Å²) >= 11 is 1.22. The molecule has 0 aliphatic carbocycles. The van der Waals surface area contributed by atoms with Crippen LogP contribution in [0, 0.1) is 12.5 Å². The van der Waals surface area contributed by atoms with Crippen molar-refractivity contribution in [1.82, 2.24) is 0 Å². The maximum absolute atomic E-state index is 6.90. The third kappa shape index (κ3) is 1.51. The van der Waals surface area contributed by atoms with Gasteiger partial charge in [0.05, 0.1) is 0 Å². The Kier molecular flexibility index (Phi) is 2.50. The van der Waals surface area contributed by atoms with E-state index >= 15 is 0 Å². The van der Waals surface area contributed by atoms with Crippen LogP contribution in [-0.4, -0.2) is 0 Å². The summed E-state index contributed by atoms with van der Waals surface area (Å²) in [7, 11) is 0. The van der Waals surface area contributed by atoms with Crippen molar-refractivity contribution in [2.45, 2.75) is 11.8 Å². The first-order chi connectivity index (χ1) is 6.83. The van der Waals surface area contributed by atoms with E-state index in [9.17, 15) is 0 Å². The van der Waals surface area contributed by atoms with E-state index in [-0.39, 0.29) is 0 Å². The molecule has 0 aromatic heterocycles. The summed E-state index contributed by atoms with van der Waals surface area (Å²) in [6.45, 7) is 2.04. The molecule has 2 aromatic rings. The second-order valence-electron chi connectivity index (χ2n) is 3.12. The van der Waals surface area contributed by atoms with Crippen LogP contribution in [0.25, 0.3) is 10.8 Å². The van der Waals surface area contributed by atoms with Crippen molar-refractivity contribution in [3.63, 3.8) is 0 Å². The number of nitrogens with zero attached hydrogens (tertiary/aromatic N) is 1. The van der Waals surface area contributed by atoms with E-state index in [0.29, 0.717) is 0 Å². The van der Waals surface area contributed by atoms with Crippen molar-refractivity contribution < 1.29 is 0 Å².